The average molecular weight is 346 g/mol. The maximum Gasteiger partial charge on any atom is 0.227 e. The second-order valence-corrected chi connectivity index (χ2v) is 6.11. The maximum absolute atomic E-state index is 12.6. The van der Waals surface area contributed by atoms with Gasteiger partial charge in [-0.2, -0.15) is 0 Å². The fourth-order valence-corrected chi connectivity index (χ4v) is 2.93. The zero-order valence-electron chi connectivity index (χ0n) is 13.6. The summed E-state index contributed by atoms with van der Waals surface area (Å²) in [5, 5.41) is 0.619. The molecule has 0 aromatic heterocycles. The van der Waals surface area contributed by atoms with Crippen molar-refractivity contribution < 1.29 is 14.3 Å². The van der Waals surface area contributed by atoms with Crippen molar-refractivity contribution in [2.75, 3.05) is 19.7 Å². The first kappa shape index (κ1) is 16.7. The Kier molecular flexibility index (Phi) is 5.26. The van der Waals surface area contributed by atoms with Gasteiger partial charge in [0.15, 0.2) is 17.6 Å². The van der Waals surface area contributed by atoms with Crippen molar-refractivity contribution in [1.29, 1.82) is 0 Å². The molecule has 0 radical (unpaired) electrons. The van der Waals surface area contributed by atoms with Gasteiger partial charge < -0.3 is 14.4 Å². The van der Waals surface area contributed by atoms with Crippen LogP contribution in [0, 0.1) is 0 Å². The van der Waals surface area contributed by atoms with Crippen LogP contribution in [0.15, 0.2) is 48.5 Å². The molecule has 1 aliphatic heterocycles. The highest BCUT2D eigenvalue weighted by molar-refractivity contribution is 6.31. The van der Waals surface area contributed by atoms with E-state index in [0.29, 0.717) is 24.7 Å². The highest BCUT2D eigenvalue weighted by atomic mass is 35.5. The molecule has 0 saturated heterocycles. The number of ether oxygens (including phenoxy) is 2. The van der Waals surface area contributed by atoms with Crippen LogP contribution in [0.2, 0.25) is 5.02 Å². The lowest BCUT2D eigenvalue weighted by atomic mass is 10.1. The van der Waals surface area contributed by atoms with Crippen LogP contribution >= 0.6 is 11.6 Å². The molecule has 0 fully saturated rings. The van der Waals surface area contributed by atoms with Crippen LogP contribution in [0.3, 0.4) is 0 Å². The number of nitrogens with zero attached hydrogens (tertiary/aromatic N) is 1. The maximum atomic E-state index is 12.6. The Labute approximate surface area is 146 Å². The fraction of sp³-hybridized carbons (Fsp3) is 0.316. The van der Waals surface area contributed by atoms with Gasteiger partial charge in [0, 0.05) is 11.6 Å². The predicted molar refractivity (Wildman–Crippen MR) is 93.8 cm³/mol. The molecule has 2 aromatic carbocycles. The van der Waals surface area contributed by atoms with Crippen molar-refractivity contribution in [2.24, 2.45) is 0 Å². The molecule has 5 heteroatoms. The van der Waals surface area contributed by atoms with Crippen molar-refractivity contribution in [3.8, 4) is 11.5 Å². The van der Waals surface area contributed by atoms with Gasteiger partial charge in [-0.05, 0) is 30.7 Å². The topological polar surface area (TPSA) is 38.8 Å². The summed E-state index contributed by atoms with van der Waals surface area (Å²) in [6, 6.07) is 15.0. The normalized spacial score (nSPS) is 15.8. The number of carbonyl (C=O) groups excluding carboxylic acids is 1. The van der Waals surface area contributed by atoms with E-state index in [1.807, 2.05) is 49.4 Å². The Morgan fingerprint density at radius 3 is 2.62 bits per heavy atom. The van der Waals surface area contributed by atoms with Crippen LogP contribution in [0.5, 0.6) is 11.5 Å². The van der Waals surface area contributed by atoms with Crippen molar-refractivity contribution in [2.45, 2.75) is 19.4 Å². The molecular weight excluding hydrogens is 326 g/mol. The Morgan fingerprint density at radius 2 is 1.88 bits per heavy atom. The lowest BCUT2D eigenvalue weighted by Crippen LogP contribution is -2.44. The number of carbonyl (C=O) groups is 1. The minimum atomic E-state index is -0.171. The lowest BCUT2D eigenvalue weighted by molar-refractivity contribution is -0.131. The summed E-state index contributed by atoms with van der Waals surface area (Å²) in [5.41, 5.74) is 0.841. The van der Waals surface area contributed by atoms with Crippen molar-refractivity contribution >= 4 is 17.5 Å². The molecule has 4 nitrogen and oxygen atoms in total. The number of rotatable bonds is 5. The second kappa shape index (κ2) is 7.58. The van der Waals surface area contributed by atoms with Gasteiger partial charge in [0.05, 0.1) is 13.0 Å². The quantitative estimate of drug-likeness (QED) is 0.831. The number of para-hydroxylation sites is 2. The lowest BCUT2D eigenvalue weighted by Gasteiger charge is -2.31. The molecule has 3 rings (SSSR count). The first-order valence-electron chi connectivity index (χ1n) is 8.07. The van der Waals surface area contributed by atoms with Gasteiger partial charge in [-0.3, -0.25) is 4.79 Å². The van der Waals surface area contributed by atoms with E-state index in [9.17, 15) is 4.79 Å². The Hall–Kier alpha value is -2.20. The molecule has 1 unspecified atom stereocenters. The third-order valence-corrected chi connectivity index (χ3v) is 4.39. The van der Waals surface area contributed by atoms with Crippen molar-refractivity contribution in [1.82, 2.24) is 4.90 Å². The monoisotopic (exact) mass is 345 g/mol. The molecule has 0 saturated carbocycles. The summed E-state index contributed by atoms with van der Waals surface area (Å²) in [7, 11) is 0. The number of halogens is 1. The zero-order chi connectivity index (χ0) is 16.9. The predicted octanol–water partition coefficient (Wildman–Crippen LogP) is 3.57. The molecule has 2 aromatic rings. The van der Waals surface area contributed by atoms with Crippen molar-refractivity contribution in [3.05, 3.63) is 59.1 Å². The van der Waals surface area contributed by atoms with Crippen LogP contribution in [0.1, 0.15) is 12.5 Å². The van der Waals surface area contributed by atoms with Gasteiger partial charge in [0.1, 0.15) is 6.61 Å². The Bertz CT molecular complexity index is 719. The Morgan fingerprint density at radius 1 is 1.17 bits per heavy atom. The summed E-state index contributed by atoms with van der Waals surface area (Å²) >= 11 is 6.15. The van der Waals surface area contributed by atoms with E-state index < -0.39 is 0 Å². The molecular formula is C19H20ClNO3. The van der Waals surface area contributed by atoms with E-state index in [1.165, 1.54) is 0 Å². The number of amides is 1. The van der Waals surface area contributed by atoms with E-state index in [2.05, 4.69) is 0 Å². The molecule has 126 valence electrons. The van der Waals surface area contributed by atoms with E-state index in [-0.39, 0.29) is 18.4 Å². The highest BCUT2D eigenvalue weighted by Crippen LogP contribution is 2.31. The number of fused-ring (bicyclic) bond motifs is 1. The third-order valence-electron chi connectivity index (χ3n) is 4.03. The summed E-state index contributed by atoms with van der Waals surface area (Å²) in [4.78, 5) is 14.4. The van der Waals surface area contributed by atoms with Gasteiger partial charge in [-0.15, -0.1) is 0 Å². The zero-order valence-corrected chi connectivity index (χ0v) is 14.3. The fourth-order valence-electron chi connectivity index (χ4n) is 2.72. The number of likely N-dealkylation sites (N-methyl/N-ethyl adjacent to an activating group) is 1. The molecule has 0 aliphatic carbocycles. The van der Waals surface area contributed by atoms with Gasteiger partial charge in [-0.25, -0.2) is 0 Å². The number of benzene rings is 2. The number of hydrogen-bond acceptors (Lipinski definition) is 3. The number of hydrogen-bond donors (Lipinski definition) is 0. The van der Waals surface area contributed by atoms with Gasteiger partial charge in [-0.1, -0.05) is 41.9 Å². The minimum absolute atomic E-state index is 0.0352. The summed E-state index contributed by atoms with van der Waals surface area (Å²) < 4.78 is 11.7. The van der Waals surface area contributed by atoms with E-state index in [4.69, 9.17) is 21.1 Å². The summed E-state index contributed by atoms with van der Waals surface area (Å²) in [6.45, 7) is 3.51. The SMILES string of the molecule is CCN(CC1COc2ccccc2O1)C(=O)Cc1ccccc1Cl. The minimum Gasteiger partial charge on any atom is -0.486 e. The average Bonchev–Trinajstić information content (AvgIpc) is 2.61. The van der Waals surface area contributed by atoms with Crippen LogP contribution in [-0.2, 0) is 11.2 Å². The molecule has 1 heterocycles. The molecule has 24 heavy (non-hydrogen) atoms. The standard InChI is InChI=1S/C19H20ClNO3/c1-2-21(19(22)11-14-7-3-4-8-16(14)20)12-15-13-23-17-9-5-6-10-18(17)24-15/h3-10,15H,2,11-13H2,1H3. The van der Waals surface area contributed by atoms with Crippen LogP contribution in [0.25, 0.3) is 0 Å². The van der Waals surface area contributed by atoms with Crippen LogP contribution in [-0.4, -0.2) is 36.6 Å². The van der Waals surface area contributed by atoms with Crippen LogP contribution in [0.4, 0.5) is 0 Å². The highest BCUT2D eigenvalue weighted by Gasteiger charge is 2.25. The van der Waals surface area contributed by atoms with E-state index in [0.717, 1.165) is 17.1 Å². The van der Waals surface area contributed by atoms with Gasteiger partial charge in [0.2, 0.25) is 5.91 Å². The molecule has 1 atom stereocenters. The van der Waals surface area contributed by atoms with Gasteiger partial charge in [0.25, 0.3) is 0 Å². The molecule has 1 amide bonds. The second-order valence-electron chi connectivity index (χ2n) is 5.70. The molecule has 0 spiro atoms. The summed E-state index contributed by atoms with van der Waals surface area (Å²) in [5.74, 6) is 1.51. The smallest absolute Gasteiger partial charge is 0.227 e. The molecule has 0 bridgehead atoms. The van der Waals surface area contributed by atoms with E-state index in [1.54, 1.807) is 11.0 Å². The summed E-state index contributed by atoms with van der Waals surface area (Å²) in [6.07, 6.45) is 0.118. The molecule has 1 aliphatic rings. The Balaban J connectivity index is 1.63. The third kappa shape index (κ3) is 3.82. The van der Waals surface area contributed by atoms with Crippen LogP contribution < -0.4 is 9.47 Å². The van der Waals surface area contributed by atoms with Crippen molar-refractivity contribution in [3.63, 3.8) is 0 Å². The van der Waals surface area contributed by atoms with E-state index >= 15 is 0 Å². The van der Waals surface area contributed by atoms with Gasteiger partial charge >= 0.3 is 0 Å². The molecule has 0 N–H and O–H groups in total. The first-order valence-corrected chi connectivity index (χ1v) is 8.45. The largest absolute Gasteiger partial charge is 0.486 e. The first-order chi connectivity index (χ1) is 11.7.